The first-order chi connectivity index (χ1) is 11.8. The Morgan fingerprint density at radius 2 is 1.64 bits per heavy atom. The molecule has 0 aromatic heterocycles. The molecule has 0 aliphatic heterocycles. The SMILES string of the molecule is CC(C)(C)C(N)C(=O)c1ccc(NC(=O)OCc2ccccc2)cc1. The van der Waals surface area contributed by atoms with Crippen LogP contribution in [0.4, 0.5) is 10.5 Å². The monoisotopic (exact) mass is 340 g/mol. The molecule has 0 aliphatic rings. The van der Waals surface area contributed by atoms with Crippen LogP contribution in [0, 0.1) is 5.41 Å². The lowest BCUT2D eigenvalue weighted by molar-refractivity contribution is 0.0901. The van der Waals surface area contributed by atoms with Crippen LogP contribution in [0.5, 0.6) is 0 Å². The van der Waals surface area contributed by atoms with Crippen molar-refractivity contribution in [2.24, 2.45) is 11.1 Å². The Kier molecular flexibility index (Phi) is 5.93. The van der Waals surface area contributed by atoms with Crippen LogP contribution in [0.15, 0.2) is 54.6 Å². The Labute approximate surface area is 148 Å². The summed E-state index contributed by atoms with van der Waals surface area (Å²) in [7, 11) is 0. The van der Waals surface area contributed by atoms with E-state index in [1.165, 1.54) is 0 Å². The van der Waals surface area contributed by atoms with E-state index in [-0.39, 0.29) is 17.8 Å². The molecule has 132 valence electrons. The number of nitrogens with one attached hydrogen (secondary N) is 1. The summed E-state index contributed by atoms with van der Waals surface area (Å²) < 4.78 is 5.16. The first kappa shape index (κ1) is 18.7. The molecule has 0 heterocycles. The second-order valence-corrected chi connectivity index (χ2v) is 6.97. The van der Waals surface area contributed by atoms with E-state index in [0.29, 0.717) is 11.3 Å². The predicted molar refractivity (Wildman–Crippen MR) is 98.5 cm³/mol. The van der Waals surface area contributed by atoms with E-state index < -0.39 is 12.1 Å². The van der Waals surface area contributed by atoms with Gasteiger partial charge in [-0.15, -0.1) is 0 Å². The molecule has 3 N–H and O–H groups in total. The summed E-state index contributed by atoms with van der Waals surface area (Å²) in [5.74, 6) is -0.120. The topological polar surface area (TPSA) is 81.4 Å². The minimum Gasteiger partial charge on any atom is -0.444 e. The Bertz CT molecular complexity index is 719. The first-order valence-corrected chi connectivity index (χ1v) is 8.15. The molecule has 1 amide bonds. The maximum absolute atomic E-state index is 12.3. The highest BCUT2D eigenvalue weighted by molar-refractivity contribution is 6.01. The number of amides is 1. The summed E-state index contributed by atoms with van der Waals surface area (Å²) in [5.41, 5.74) is 7.68. The fraction of sp³-hybridized carbons (Fsp3) is 0.300. The van der Waals surface area contributed by atoms with Gasteiger partial charge in [-0.1, -0.05) is 51.1 Å². The third-order valence-corrected chi connectivity index (χ3v) is 3.84. The summed E-state index contributed by atoms with van der Waals surface area (Å²) >= 11 is 0. The normalized spacial score (nSPS) is 12.3. The number of carbonyl (C=O) groups is 2. The van der Waals surface area contributed by atoms with Crippen LogP contribution in [0.2, 0.25) is 0 Å². The number of ether oxygens (including phenoxy) is 1. The van der Waals surface area contributed by atoms with Gasteiger partial charge in [0.1, 0.15) is 6.61 Å². The predicted octanol–water partition coefficient (Wildman–Crippen LogP) is 3.99. The van der Waals surface area contributed by atoms with Crippen molar-refractivity contribution in [2.75, 3.05) is 5.32 Å². The minimum absolute atomic E-state index is 0.120. The first-order valence-electron chi connectivity index (χ1n) is 8.15. The van der Waals surface area contributed by atoms with Crippen molar-refractivity contribution >= 4 is 17.6 Å². The third-order valence-electron chi connectivity index (χ3n) is 3.84. The summed E-state index contributed by atoms with van der Waals surface area (Å²) in [6.07, 6.45) is -0.547. The number of anilines is 1. The summed E-state index contributed by atoms with van der Waals surface area (Å²) in [6, 6.07) is 15.5. The Balaban J connectivity index is 1.91. The van der Waals surface area contributed by atoms with Gasteiger partial charge in [0.2, 0.25) is 0 Å². The van der Waals surface area contributed by atoms with E-state index in [9.17, 15) is 9.59 Å². The average molecular weight is 340 g/mol. The maximum atomic E-state index is 12.3. The number of benzene rings is 2. The number of hydrogen-bond acceptors (Lipinski definition) is 4. The zero-order chi connectivity index (χ0) is 18.4. The summed E-state index contributed by atoms with van der Waals surface area (Å²) in [4.78, 5) is 24.2. The minimum atomic E-state index is -0.581. The van der Waals surface area contributed by atoms with Crippen LogP contribution in [0.25, 0.3) is 0 Å². The lowest BCUT2D eigenvalue weighted by atomic mass is 9.83. The molecule has 0 radical (unpaired) electrons. The number of Topliss-reactive ketones (excluding diaryl/α,β-unsaturated/α-hetero) is 1. The number of carbonyl (C=O) groups excluding carboxylic acids is 2. The number of hydrogen-bond donors (Lipinski definition) is 2. The van der Waals surface area contributed by atoms with Gasteiger partial charge in [0.05, 0.1) is 6.04 Å². The molecule has 25 heavy (non-hydrogen) atoms. The number of rotatable bonds is 5. The van der Waals surface area contributed by atoms with Gasteiger partial charge in [-0.2, -0.15) is 0 Å². The van der Waals surface area contributed by atoms with Crippen LogP contribution >= 0.6 is 0 Å². The van der Waals surface area contributed by atoms with Crippen LogP contribution in [-0.4, -0.2) is 17.9 Å². The standard InChI is InChI=1S/C20H24N2O3/c1-20(2,3)18(21)17(23)15-9-11-16(12-10-15)22-19(24)25-13-14-7-5-4-6-8-14/h4-12,18H,13,21H2,1-3H3,(H,22,24). The number of ketones is 1. The fourth-order valence-electron chi connectivity index (χ4n) is 2.17. The molecular weight excluding hydrogens is 316 g/mol. The molecule has 1 atom stereocenters. The molecule has 0 aliphatic carbocycles. The quantitative estimate of drug-likeness (QED) is 0.806. The van der Waals surface area contributed by atoms with E-state index >= 15 is 0 Å². The van der Waals surface area contributed by atoms with Gasteiger partial charge in [0, 0.05) is 11.3 Å². The van der Waals surface area contributed by atoms with Crippen molar-refractivity contribution < 1.29 is 14.3 Å². The average Bonchev–Trinajstić information content (AvgIpc) is 2.59. The van der Waals surface area contributed by atoms with E-state index in [1.54, 1.807) is 24.3 Å². The highest BCUT2D eigenvalue weighted by Gasteiger charge is 2.28. The molecule has 0 bridgehead atoms. The van der Waals surface area contributed by atoms with Gasteiger partial charge in [0.25, 0.3) is 0 Å². The summed E-state index contributed by atoms with van der Waals surface area (Å²) in [5, 5.41) is 2.63. The molecule has 0 saturated heterocycles. The van der Waals surface area contributed by atoms with Gasteiger partial charge in [-0.3, -0.25) is 10.1 Å². The van der Waals surface area contributed by atoms with Gasteiger partial charge < -0.3 is 10.5 Å². The molecule has 2 aromatic rings. The Morgan fingerprint density at radius 1 is 1.04 bits per heavy atom. The Hall–Kier alpha value is -2.66. The molecule has 0 saturated carbocycles. The molecule has 0 spiro atoms. The van der Waals surface area contributed by atoms with Crippen molar-refractivity contribution in [2.45, 2.75) is 33.4 Å². The second kappa shape index (κ2) is 7.94. The molecule has 1 unspecified atom stereocenters. The third kappa shape index (κ3) is 5.43. The van der Waals surface area contributed by atoms with Crippen molar-refractivity contribution in [3.05, 3.63) is 65.7 Å². The maximum Gasteiger partial charge on any atom is 0.411 e. The zero-order valence-electron chi connectivity index (χ0n) is 14.8. The zero-order valence-corrected chi connectivity index (χ0v) is 14.8. The van der Waals surface area contributed by atoms with Crippen molar-refractivity contribution in [3.63, 3.8) is 0 Å². The highest BCUT2D eigenvalue weighted by Crippen LogP contribution is 2.21. The van der Waals surface area contributed by atoms with Crippen molar-refractivity contribution in [1.82, 2.24) is 0 Å². The van der Waals surface area contributed by atoms with Gasteiger partial charge in [-0.25, -0.2) is 4.79 Å². The van der Waals surface area contributed by atoms with Crippen molar-refractivity contribution in [1.29, 1.82) is 0 Å². The van der Waals surface area contributed by atoms with Gasteiger partial charge in [-0.05, 0) is 35.2 Å². The second-order valence-electron chi connectivity index (χ2n) is 6.97. The van der Waals surface area contributed by atoms with Gasteiger partial charge in [0.15, 0.2) is 5.78 Å². The largest absolute Gasteiger partial charge is 0.444 e. The smallest absolute Gasteiger partial charge is 0.411 e. The van der Waals surface area contributed by atoms with Crippen LogP contribution < -0.4 is 11.1 Å². The van der Waals surface area contributed by atoms with Crippen molar-refractivity contribution in [3.8, 4) is 0 Å². The van der Waals surface area contributed by atoms with E-state index in [1.807, 2.05) is 51.1 Å². The molecule has 0 fully saturated rings. The molecule has 5 nitrogen and oxygen atoms in total. The van der Waals surface area contributed by atoms with E-state index in [4.69, 9.17) is 10.5 Å². The lowest BCUT2D eigenvalue weighted by Gasteiger charge is -2.25. The number of nitrogens with two attached hydrogens (primary N) is 1. The molecule has 5 heteroatoms. The van der Waals surface area contributed by atoms with Crippen LogP contribution in [0.1, 0.15) is 36.7 Å². The lowest BCUT2D eigenvalue weighted by Crippen LogP contribution is -2.42. The molecular formula is C20H24N2O3. The fourth-order valence-corrected chi connectivity index (χ4v) is 2.17. The Morgan fingerprint density at radius 3 is 2.20 bits per heavy atom. The van der Waals surface area contributed by atoms with Crippen LogP contribution in [-0.2, 0) is 11.3 Å². The summed E-state index contributed by atoms with van der Waals surface area (Å²) in [6.45, 7) is 5.97. The van der Waals surface area contributed by atoms with E-state index in [0.717, 1.165) is 5.56 Å². The molecule has 2 rings (SSSR count). The molecule has 2 aromatic carbocycles. The van der Waals surface area contributed by atoms with Gasteiger partial charge >= 0.3 is 6.09 Å². The van der Waals surface area contributed by atoms with E-state index in [2.05, 4.69) is 5.32 Å². The highest BCUT2D eigenvalue weighted by atomic mass is 16.5. The van der Waals surface area contributed by atoms with Crippen LogP contribution in [0.3, 0.4) is 0 Å².